The molecule has 0 aromatic heterocycles. The van der Waals surface area contributed by atoms with Crippen molar-refractivity contribution in [3.05, 3.63) is 0 Å². The van der Waals surface area contributed by atoms with Gasteiger partial charge in [-0.2, -0.15) is 0 Å². The molecule has 102 valence electrons. The van der Waals surface area contributed by atoms with Crippen molar-refractivity contribution in [2.75, 3.05) is 27.3 Å². The Hall–Kier alpha value is -0.120. The van der Waals surface area contributed by atoms with Crippen molar-refractivity contribution < 1.29 is 4.74 Å². The Bertz CT molecular complexity index is 242. The SMILES string of the molecule is COCC(C)N(C)C1(CN)CCCC(C)(C)C1. The Morgan fingerprint density at radius 3 is 2.47 bits per heavy atom. The first-order chi connectivity index (χ1) is 7.87. The van der Waals surface area contributed by atoms with Crippen molar-refractivity contribution in [3.8, 4) is 0 Å². The average Bonchev–Trinajstić information content (AvgIpc) is 2.26. The van der Waals surface area contributed by atoms with Crippen LogP contribution >= 0.6 is 0 Å². The lowest BCUT2D eigenvalue weighted by molar-refractivity contribution is -0.0157. The summed E-state index contributed by atoms with van der Waals surface area (Å²) in [4.78, 5) is 2.46. The molecule has 1 rings (SSSR count). The molecule has 3 nitrogen and oxygen atoms in total. The van der Waals surface area contributed by atoms with E-state index in [9.17, 15) is 0 Å². The summed E-state index contributed by atoms with van der Waals surface area (Å²) in [6, 6.07) is 0.428. The molecule has 1 fully saturated rings. The Labute approximate surface area is 107 Å². The molecule has 0 saturated heterocycles. The number of methoxy groups -OCH3 is 1. The van der Waals surface area contributed by atoms with E-state index in [1.165, 1.54) is 25.7 Å². The minimum atomic E-state index is 0.166. The third-order valence-corrected chi connectivity index (χ3v) is 4.50. The van der Waals surface area contributed by atoms with E-state index < -0.39 is 0 Å². The summed E-state index contributed by atoms with van der Waals surface area (Å²) in [5.41, 5.74) is 6.69. The Balaban J connectivity index is 2.80. The minimum absolute atomic E-state index is 0.166. The van der Waals surface area contributed by atoms with Crippen LogP contribution in [0.25, 0.3) is 0 Å². The highest BCUT2D eigenvalue weighted by molar-refractivity contribution is 4.99. The van der Waals surface area contributed by atoms with Crippen LogP contribution in [0.5, 0.6) is 0 Å². The summed E-state index contributed by atoms with van der Waals surface area (Å²) in [6.07, 6.45) is 5.02. The van der Waals surface area contributed by atoms with Gasteiger partial charge in [-0.15, -0.1) is 0 Å². The maximum absolute atomic E-state index is 6.11. The van der Waals surface area contributed by atoms with Gasteiger partial charge in [0.1, 0.15) is 0 Å². The third kappa shape index (κ3) is 3.43. The molecule has 1 aliphatic carbocycles. The van der Waals surface area contributed by atoms with Crippen LogP contribution < -0.4 is 5.73 Å². The molecule has 0 aromatic carbocycles. The molecule has 0 heterocycles. The second-order valence-electron chi connectivity index (χ2n) is 6.54. The molecule has 2 atom stereocenters. The minimum Gasteiger partial charge on any atom is -0.383 e. The van der Waals surface area contributed by atoms with Gasteiger partial charge in [-0.25, -0.2) is 0 Å². The molecule has 0 aromatic rings. The molecule has 0 spiro atoms. The maximum atomic E-state index is 6.11. The highest BCUT2D eigenvalue weighted by Crippen LogP contribution is 2.43. The van der Waals surface area contributed by atoms with Gasteiger partial charge in [-0.1, -0.05) is 20.3 Å². The lowest BCUT2D eigenvalue weighted by atomic mass is 9.67. The van der Waals surface area contributed by atoms with Crippen molar-refractivity contribution in [1.82, 2.24) is 4.90 Å². The lowest BCUT2D eigenvalue weighted by Crippen LogP contribution is -2.59. The predicted molar refractivity (Wildman–Crippen MR) is 73.1 cm³/mol. The Kier molecular flexibility index (Phi) is 4.99. The van der Waals surface area contributed by atoms with E-state index in [1.807, 2.05) is 0 Å². The van der Waals surface area contributed by atoms with Crippen LogP contribution in [-0.2, 0) is 4.74 Å². The molecule has 1 aliphatic rings. The maximum Gasteiger partial charge on any atom is 0.0615 e. The molecular formula is C14H30N2O. The molecule has 2 unspecified atom stereocenters. The quantitative estimate of drug-likeness (QED) is 0.803. The van der Waals surface area contributed by atoms with E-state index in [0.717, 1.165) is 13.2 Å². The number of nitrogens with two attached hydrogens (primary N) is 1. The lowest BCUT2D eigenvalue weighted by Gasteiger charge is -2.51. The number of likely N-dealkylation sites (N-methyl/N-ethyl adjacent to an activating group) is 1. The number of rotatable bonds is 5. The van der Waals surface area contributed by atoms with Gasteiger partial charge in [0.15, 0.2) is 0 Å². The van der Waals surface area contributed by atoms with Crippen LogP contribution in [0.3, 0.4) is 0 Å². The standard InChI is InChI=1S/C14H30N2O/c1-12(9-17-5)16(4)14(11-15)8-6-7-13(2,3)10-14/h12H,6-11,15H2,1-5H3. The average molecular weight is 242 g/mol. The van der Waals surface area contributed by atoms with Crippen LogP contribution in [-0.4, -0.2) is 43.8 Å². The number of hydrogen-bond acceptors (Lipinski definition) is 3. The molecule has 0 amide bonds. The molecule has 0 bridgehead atoms. The molecule has 2 N–H and O–H groups in total. The summed E-state index contributed by atoms with van der Waals surface area (Å²) in [5.74, 6) is 0. The van der Waals surface area contributed by atoms with Gasteiger partial charge in [-0.05, 0) is 38.6 Å². The predicted octanol–water partition coefficient (Wildman–Crippen LogP) is 2.25. The van der Waals surface area contributed by atoms with Gasteiger partial charge >= 0.3 is 0 Å². The normalized spacial score (nSPS) is 30.5. The zero-order chi connectivity index (χ0) is 13.1. The number of nitrogens with zero attached hydrogens (tertiary/aromatic N) is 1. The Morgan fingerprint density at radius 1 is 1.35 bits per heavy atom. The largest absolute Gasteiger partial charge is 0.383 e. The summed E-state index contributed by atoms with van der Waals surface area (Å²) in [5, 5.41) is 0. The highest BCUT2D eigenvalue weighted by Gasteiger charge is 2.43. The van der Waals surface area contributed by atoms with E-state index in [-0.39, 0.29) is 5.54 Å². The first kappa shape index (κ1) is 14.9. The van der Waals surface area contributed by atoms with Crippen molar-refractivity contribution in [2.45, 2.75) is 58.0 Å². The molecular weight excluding hydrogens is 212 g/mol. The van der Waals surface area contributed by atoms with Gasteiger partial charge in [0.2, 0.25) is 0 Å². The van der Waals surface area contributed by atoms with Crippen molar-refractivity contribution in [1.29, 1.82) is 0 Å². The van der Waals surface area contributed by atoms with Crippen LogP contribution in [0.1, 0.15) is 46.5 Å². The second kappa shape index (κ2) is 5.68. The zero-order valence-electron chi connectivity index (χ0n) is 12.3. The molecule has 3 heteroatoms. The molecule has 17 heavy (non-hydrogen) atoms. The van der Waals surface area contributed by atoms with Crippen molar-refractivity contribution in [2.24, 2.45) is 11.1 Å². The summed E-state index contributed by atoms with van der Waals surface area (Å²) in [6.45, 7) is 8.49. The third-order valence-electron chi connectivity index (χ3n) is 4.50. The van der Waals surface area contributed by atoms with E-state index in [1.54, 1.807) is 7.11 Å². The fraction of sp³-hybridized carbons (Fsp3) is 1.00. The first-order valence-corrected chi connectivity index (χ1v) is 6.79. The van der Waals surface area contributed by atoms with Gasteiger partial charge < -0.3 is 10.5 Å². The van der Waals surface area contributed by atoms with Crippen LogP contribution in [0, 0.1) is 5.41 Å². The molecule has 0 radical (unpaired) electrons. The number of ether oxygens (including phenoxy) is 1. The van der Waals surface area contributed by atoms with Crippen LogP contribution in [0.15, 0.2) is 0 Å². The topological polar surface area (TPSA) is 38.5 Å². The van der Waals surface area contributed by atoms with Gasteiger partial charge in [-0.3, -0.25) is 4.90 Å². The smallest absolute Gasteiger partial charge is 0.0615 e. The van der Waals surface area contributed by atoms with Crippen molar-refractivity contribution in [3.63, 3.8) is 0 Å². The molecule has 0 aliphatic heterocycles. The van der Waals surface area contributed by atoms with E-state index in [2.05, 4.69) is 32.7 Å². The fourth-order valence-corrected chi connectivity index (χ4v) is 3.40. The highest BCUT2D eigenvalue weighted by atomic mass is 16.5. The van der Waals surface area contributed by atoms with E-state index in [4.69, 9.17) is 10.5 Å². The summed E-state index contributed by atoms with van der Waals surface area (Å²) in [7, 11) is 3.97. The van der Waals surface area contributed by atoms with E-state index in [0.29, 0.717) is 11.5 Å². The first-order valence-electron chi connectivity index (χ1n) is 6.79. The Morgan fingerprint density at radius 2 is 2.00 bits per heavy atom. The van der Waals surface area contributed by atoms with Gasteiger partial charge in [0.05, 0.1) is 6.61 Å². The van der Waals surface area contributed by atoms with Gasteiger partial charge in [0.25, 0.3) is 0 Å². The number of hydrogen-bond donors (Lipinski definition) is 1. The van der Waals surface area contributed by atoms with Gasteiger partial charge in [0, 0.05) is 25.2 Å². The van der Waals surface area contributed by atoms with Crippen molar-refractivity contribution >= 4 is 0 Å². The molecule has 1 saturated carbocycles. The second-order valence-corrected chi connectivity index (χ2v) is 6.54. The monoisotopic (exact) mass is 242 g/mol. The van der Waals surface area contributed by atoms with Crippen LogP contribution in [0.2, 0.25) is 0 Å². The summed E-state index contributed by atoms with van der Waals surface area (Å²) < 4.78 is 5.27. The van der Waals surface area contributed by atoms with E-state index >= 15 is 0 Å². The zero-order valence-corrected chi connectivity index (χ0v) is 12.3. The van der Waals surface area contributed by atoms with Crippen LogP contribution in [0.4, 0.5) is 0 Å². The fourth-order valence-electron chi connectivity index (χ4n) is 3.40. The summed E-state index contributed by atoms with van der Waals surface area (Å²) >= 11 is 0.